The summed E-state index contributed by atoms with van der Waals surface area (Å²) < 4.78 is 0. The number of benzene rings is 2. The molecule has 2 aromatic carbocycles. The molecule has 1 atom stereocenters. The summed E-state index contributed by atoms with van der Waals surface area (Å²) in [5, 5.41) is 14.6. The van der Waals surface area contributed by atoms with Crippen molar-refractivity contribution in [2.24, 2.45) is 5.92 Å². The highest BCUT2D eigenvalue weighted by atomic mass is 32.1. The van der Waals surface area contributed by atoms with Crippen LogP contribution in [0.25, 0.3) is 10.8 Å². The molecule has 0 saturated carbocycles. The zero-order valence-electron chi connectivity index (χ0n) is 17.1. The Labute approximate surface area is 180 Å². The van der Waals surface area contributed by atoms with E-state index >= 15 is 0 Å². The minimum absolute atomic E-state index is 0.0120. The predicted octanol–water partition coefficient (Wildman–Crippen LogP) is 4.52. The molecule has 30 heavy (non-hydrogen) atoms. The highest BCUT2D eigenvalue weighted by Crippen LogP contribution is 2.25. The number of hydrogen-bond acceptors (Lipinski definition) is 5. The third-order valence-electron chi connectivity index (χ3n) is 5.54. The van der Waals surface area contributed by atoms with Crippen LogP contribution in [0.1, 0.15) is 48.0 Å². The van der Waals surface area contributed by atoms with Crippen LogP contribution in [-0.2, 0) is 11.2 Å². The summed E-state index contributed by atoms with van der Waals surface area (Å²) in [6.45, 7) is 3.24. The van der Waals surface area contributed by atoms with Gasteiger partial charge in [0, 0.05) is 25.1 Å². The van der Waals surface area contributed by atoms with Crippen LogP contribution in [0.5, 0.6) is 0 Å². The Morgan fingerprint density at radius 2 is 2.00 bits per heavy atom. The molecule has 0 radical (unpaired) electrons. The monoisotopic (exact) mass is 422 g/mol. The van der Waals surface area contributed by atoms with Gasteiger partial charge in [0.15, 0.2) is 0 Å². The standard InChI is InChI=1S/C23H26N4O2S/c1-2-3-13-20-25-26-23(30-20)24-21(28)17-10-7-14-27(15-17)22(29)19-12-6-9-16-8-4-5-11-18(16)19/h4-6,8-9,11-12,17H,2-3,7,10,13-15H2,1H3,(H,24,26,28). The van der Waals surface area contributed by atoms with E-state index < -0.39 is 0 Å². The van der Waals surface area contributed by atoms with Crippen molar-refractivity contribution in [2.75, 3.05) is 18.4 Å². The Morgan fingerprint density at radius 3 is 2.87 bits per heavy atom. The van der Waals surface area contributed by atoms with Crippen LogP contribution >= 0.6 is 11.3 Å². The molecule has 6 nitrogen and oxygen atoms in total. The number of carbonyl (C=O) groups is 2. The van der Waals surface area contributed by atoms with E-state index in [2.05, 4.69) is 22.4 Å². The average Bonchev–Trinajstić information content (AvgIpc) is 3.24. The number of likely N-dealkylation sites (tertiary alicyclic amines) is 1. The molecule has 1 saturated heterocycles. The smallest absolute Gasteiger partial charge is 0.254 e. The number of hydrogen-bond donors (Lipinski definition) is 1. The van der Waals surface area contributed by atoms with E-state index in [1.54, 1.807) is 0 Å². The van der Waals surface area contributed by atoms with Crippen molar-refractivity contribution >= 4 is 39.1 Å². The molecule has 156 valence electrons. The molecule has 3 aromatic rings. The molecule has 0 aliphatic carbocycles. The Bertz CT molecular complexity index is 1040. The second kappa shape index (κ2) is 9.34. The van der Waals surface area contributed by atoms with Crippen molar-refractivity contribution in [3.63, 3.8) is 0 Å². The number of nitrogens with one attached hydrogen (secondary N) is 1. The fourth-order valence-corrected chi connectivity index (χ4v) is 4.68. The van der Waals surface area contributed by atoms with Gasteiger partial charge >= 0.3 is 0 Å². The Morgan fingerprint density at radius 1 is 1.17 bits per heavy atom. The molecule has 0 spiro atoms. The van der Waals surface area contributed by atoms with Gasteiger partial charge in [0.05, 0.1) is 5.92 Å². The summed E-state index contributed by atoms with van der Waals surface area (Å²) in [4.78, 5) is 27.8. The summed E-state index contributed by atoms with van der Waals surface area (Å²) in [6, 6.07) is 13.7. The summed E-state index contributed by atoms with van der Waals surface area (Å²) in [5.74, 6) is -0.327. The first-order valence-corrected chi connectivity index (χ1v) is 11.4. The predicted molar refractivity (Wildman–Crippen MR) is 120 cm³/mol. The summed E-state index contributed by atoms with van der Waals surface area (Å²) in [6.07, 6.45) is 4.64. The first kappa shape index (κ1) is 20.5. The van der Waals surface area contributed by atoms with Gasteiger partial charge in [0.1, 0.15) is 5.01 Å². The first-order chi connectivity index (χ1) is 14.7. The van der Waals surface area contributed by atoms with Gasteiger partial charge in [-0.1, -0.05) is 61.1 Å². The van der Waals surface area contributed by atoms with Gasteiger partial charge in [-0.15, -0.1) is 10.2 Å². The van der Waals surface area contributed by atoms with Crippen LogP contribution in [0.2, 0.25) is 0 Å². The lowest BCUT2D eigenvalue weighted by Crippen LogP contribution is -2.43. The maximum Gasteiger partial charge on any atom is 0.254 e. The van der Waals surface area contributed by atoms with Gasteiger partial charge in [-0.25, -0.2) is 0 Å². The fourth-order valence-electron chi connectivity index (χ4n) is 3.90. The summed E-state index contributed by atoms with van der Waals surface area (Å²) >= 11 is 1.44. The highest BCUT2D eigenvalue weighted by molar-refractivity contribution is 7.15. The van der Waals surface area contributed by atoms with Crippen molar-refractivity contribution in [3.05, 3.63) is 53.0 Å². The number of aromatic nitrogens is 2. The van der Waals surface area contributed by atoms with E-state index in [1.165, 1.54) is 11.3 Å². The van der Waals surface area contributed by atoms with Gasteiger partial charge in [-0.3, -0.25) is 9.59 Å². The SMILES string of the molecule is CCCCc1nnc(NC(=O)C2CCCN(C(=O)c3cccc4ccccc34)C2)s1. The molecule has 2 amide bonds. The third-order valence-corrected chi connectivity index (χ3v) is 6.44. The van der Waals surface area contributed by atoms with E-state index in [0.717, 1.165) is 47.9 Å². The Balaban J connectivity index is 1.43. The zero-order chi connectivity index (χ0) is 20.9. The lowest BCUT2D eigenvalue weighted by atomic mass is 9.95. The number of unbranched alkanes of at least 4 members (excludes halogenated alkanes) is 1. The van der Waals surface area contributed by atoms with Crippen molar-refractivity contribution < 1.29 is 9.59 Å². The zero-order valence-corrected chi connectivity index (χ0v) is 18.0. The topological polar surface area (TPSA) is 75.2 Å². The van der Waals surface area contributed by atoms with Gasteiger partial charge in [-0.2, -0.15) is 0 Å². The third kappa shape index (κ3) is 4.51. The molecule has 1 N–H and O–H groups in total. The molecular formula is C23H26N4O2S. The summed E-state index contributed by atoms with van der Waals surface area (Å²) in [7, 11) is 0. The summed E-state index contributed by atoms with van der Waals surface area (Å²) in [5.41, 5.74) is 0.693. The van der Waals surface area contributed by atoms with Gasteiger partial charge in [0.25, 0.3) is 5.91 Å². The lowest BCUT2D eigenvalue weighted by molar-refractivity contribution is -0.121. The Kier molecular flexibility index (Phi) is 6.38. The van der Waals surface area contributed by atoms with E-state index in [1.807, 2.05) is 47.4 Å². The molecule has 2 heterocycles. The lowest BCUT2D eigenvalue weighted by Gasteiger charge is -2.32. The molecule has 1 unspecified atom stereocenters. The minimum atomic E-state index is -0.235. The van der Waals surface area contributed by atoms with Gasteiger partial charge in [0.2, 0.25) is 11.0 Å². The highest BCUT2D eigenvalue weighted by Gasteiger charge is 2.30. The van der Waals surface area contributed by atoms with E-state index in [4.69, 9.17) is 0 Å². The molecule has 4 rings (SSSR count). The molecule has 1 fully saturated rings. The van der Waals surface area contributed by atoms with Crippen LogP contribution in [0.3, 0.4) is 0 Å². The molecule has 1 aromatic heterocycles. The Hall–Kier alpha value is -2.80. The first-order valence-electron chi connectivity index (χ1n) is 10.6. The van der Waals surface area contributed by atoms with Crippen molar-refractivity contribution in [1.82, 2.24) is 15.1 Å². The van der Waals surface area contributed by atoms with Crippen LogP contribution < -0.4 is 5.32 Å². The van der Waals surface area contributed by atoms with Crippen molar-refractivity contribution in [1.29, 1.82) is 0 Å². The van der Waals surface area contributed by atoms with Crippen molar-refractivity contribution in [2.45, 2.75) is 39.0 Å². The molecule has 1 aliphatic rings. The quantitative estimate of drug-likeness (QED) is 0.633. The molecule has 7 heteroatoms. The van der Waals surface area contributed by atoms with E-state index in [0.29, 0.717) is 23.8 Å². The van der Waals surface area contributed by atoms with Gasteiger partial charge < -0.3 is 10.2 Å². The largest absolute Gasteiger partial charge is 0.338 e. The number of carbonyl (C=O) groups excluding carboxylic acids is 2. The van der Waals surface area contributed by atoms with E-state index in [-0.39, 0.29) is 17.7 Å². The molecule has 1 aliphatic heterocycles. The number of anilines is 1. The minimum Gasteiger partial charge on any atom is -0.338 e. The second-order valence-electron chi connectivity index (χ2n) is 7.71. The fraction of sp³-hybridized carbons (Fsp3) is 0.391. The van der Waals surface area contributed by atoms with Crippen LogP contribution in [0.4, 0.5) is 5.13 Å². The van der Waals surface area contributed by atoms with Crippen LogP contribution in [0.15, 0.2) is 42.5 Å². The average molecular weight is 423 g/mol. The number of aryl methyl sites for hydroxylation is 1. The normalized spacial score (nSPS) is 16.6. The number of nitrogens with zero attached hydrogens (tertiary/aromatic N) is 3. The maximum absolute atomic E-state index is 13.2. The second-order valence-corrected chi connectivity index (χ2v) is 8.77. The van der Waals surface area contributed by atoms with Crippen LogP contribution in [0, 0.1) is 5.92 Å². The molecule has 0 bridgehead atoms. The van der Waals surface area contributed by atoms with Crippen molar-refractivity contribution in [3.8, 4) is 0 Å². The van der Waals surface area contributed by atoms with E-state index in [9.17, 15) is 9.59 Å². The maximum atomic E-state index is 13.2. The number of fused-ring (bicyclic) bond motifs is 1. The molecular weight excluding hydrogens is 396 g/mol. The number of rotatable bonds is 6. The van der Waals surface area contributed by atoms with Gasteiger partial charge in [-0.05, 0) is 36.1 Å². The number of piperidine rings is 1. The van der Waals surface area contributed by atoms with Crippen LogP contribution in [-0.4, -0.2) is 40.0 Å². The number of amides is 2.